The van der Waals surface area contributed by atoms with Crippen molar-refractivity contribution in [3.63, 3.8) is 0 Å². The van der Waals surface area contributed by atoms with Crippen molar-refractivity contribution in [3.05, 3.63) is 71.4 Å². The molecule has 128 valence electrons. The van der Waals surface area contributed by atoms with Crippen molar-refractivity contribution in [1.82, 2.24) is 10.6 Å². The quantitative estimate of drug-likeness (QED) is 0.606. The summed E-state index contributed by atoms with van der Waals surface area (Å²) >= 11 is 1.72. The molecule has 0 bridgehead atoms. The minimum absolute atomic E-state index is 0.0206. The van der Waals surface area contributed by atoms with Crippen molar-refractivity contribution in [1.29, 1.82) is 0 Å². The molecule has 0 aromatic rings. The van der Waals surface area contributed by atoms with Gasteiger partial charge in [-0.05, 0) is 0 Å². The third-order valence-corrected chi connectivity index (χ3v) is 5.20. The highest BCUT2D eigenvalue weighted by Gasteiger charge is 2.22. The SMILES string of the molecule is NC1=C2C=CC=C[C@@H]2N=C(CSCC2=N[C@@H]3C=CC=CC3=C(N)N2)N1. The summed E-state index contributed by atoms with van der Waals surface area (Å²) in [6.07, 6.45) is 16.1. The minimum Gasteiger partial charge on any atom is -0.385 e. The van der Waals surface area contributed by atoms with Crippen LogP contribution in [0.3, 0.4) is 0 Å². The Labute approximate surface area is 150 Å². The van der Waals surface area contributed by atoms with Gasteiger partial charge in [0, 0.05) is 11.1 Å². The molecule has 2 aliphatic heterocycles. The van der Waals surface area contributed by atoms with Crippen LogP contribution in [0, 0.1) is 0 Å². The monoisotopic (exact) mass is 352 g/mol. The van der Waals surface area contributed by atoms with Gasteiger partial charge in [0.15, 0.2) is 0 Å². The van der Waals surface area contributed by atoms with Crippen LogP contribution in [-0.4, -0.2) is 35.3 Å². The molecule has 0 saturated heterocycles. The molecule has 2 aliphatic carbocycles. The van der Waals surface area contributed by atoms with E-state index in [-0.39, 0.29) is 12.1 Å². The molecule has 6 nitrogen and oxygen atoms in total. The fourth-order valence-electron chi connectivity index (χ4n) is 3.03. The lowest BCUT2D eigenvalue weighted by molar-refractivity contribution is 0.857. The van der Waals surface area contributed by atoms with E-state index in [1.807, 2.05) is 36.5 Å². The Balaban J connectivity index is 1.35. The summed E-state index contributed by atoms with van der Waals surface area (Å²) in [6, 6.07) is 0.0413. The van der Waals surface area contributed by atoms with Crippen LogP contribution >= 0.6 is 11.8 Å². The van der Waals surface area contributed by atoms with Gasteiger partial charge in [0.25, 0.3) is 0 Å². The summed E-state index contributed by atoms with van der Waals surface area (Å²) in [5, 5.41) is 6.39. The number of hydrogen-bond donors (Lipinski definition) is 4. The molecule has 0 fully saturated rings. The Morgan fingerprint density at radius 1 is 0.800 bits per heavy atom. The van der Waals surface area contributed by atoms with E-state index < -0.39 is 0 Å². The van der Waals surface area contributed by atoms with Crippen LogP contribution in [0.5, 0.6) is 0 Å². The predicted molar refractivity (Wildman–Crippen MR) is 105 cm³/mol. The Morgan fingerprint density at radius 3 is 1.76 bits per heavy atom. The molecule has 2 heterocycles. The molecule has 2 atom stereocenters. The maximum absolute atomic E-state index is 6.11. The third kappa shape index (κ3) is 3.28. The molecule has 25 heavy (non-hydrogen) atoms. The number of aliphatic imine (C=N–C) groups is 2. The van der Waals surface area contributed by atoms with Crippen LogP contribution in [0.25, 0.3) is 0 Å². The van der Waals surface area contributed by atoms with Crippen molar-refractivity contribution >= 4 is 23.4 Å². The Bertz CT molecular complexity index is 757. The minimum atomic E-state index is 0.0206. The van der Waals surface area contributed by atoms with Gasteiger partial charge in [-0.15, -0.1) is 11.8 Å². The van der Waals surface area contributed by atoms with Crippen molar-refractivity contribution in [3.8, 4) is 0 Å². The second kappa shape index (κ2) is 6.68. The molecule has 0 aromatic carbocycles. The largest absolute Gasteiger partial charge is 0.385 e. The number of nitrogens with two attached hydrogens (primary N) is 2. The smallest absolute Gasteiger partial charge is 0.113 e. The molecular weight excluding hydrogens is 332 g/mol. The molecule has 0 aromatic heterocycles. The molecule has 7 heteroatoms. The molecule has 6 N–H and O–H groups in total. The topological polar surface area (TPSA) is 101 Å². The van der Waals surface area contributed by atoms with Gasteiger partial charge in [-0.3, -0.25) is 9.98 Å². The first-order valence-electron chi connectivity index (χ1n) is 8.15. The number of thioether (sulfide) groups is 1. The van der Waals surface area contributed by atoms with E-state index in [1.165, 1.54) is 0 Å². The lowest BCUT2D eigenvalue weighted by Gasteiger charge is -2.25. The second-order valence-corrected chi connectivity index (χ2v) is 7.00. The maximum atomic E-state index is 6.11. The normalized spacial score (nSPS) is 26.6. The van der Waals surface area contributed by atoms with Crippen LogP contribution in [-0.2, 0) is 0 Å². The molecule has 0 saturated carbocycles. The first-order valence-corrected chi connectivity index (χ1v) is 9.30. The third-order valence-electron chi connectivity index (χ3n) is 4.25. The van der Waals surface area contributed by atoms with Gasteiger partial charge >= 0.3 is 0 Å². The summed E-state index contributed by atoms with van der Waals surface area (Å²) < 4.78 is 0. The molecular formula is C18H20N6S. The Morgan fingerprint density at radius 2 is 1.28 bits per heavy atom. The van der Waals surface area contributed by atoms with Crippen LogP contribution in [0.4, 0.5) is 0 Å². The van der Waals surface area contributed by atoms with Crippen molar-refractivity contribution in [2.75, 3.05) is 11.5 Å². The van der Waals surface area contributed by atoms with Gasteiger partial charge in [0.2, 0.25) is 0 Å². The summed E-state index contributed by atoms with van der Waals surface area (Å²) in [4.78, 5) is 9.42. The average molecular weight is 352 g/mol. The van der Waals surface area contributed by atoms with Crippen LogP contribution in [0.1, 0.15) is 0 Å². The lowest BCUT2D eigenvalue weighted by Crippen LogP contribution is -2.39. The first-order chi connectivity index (χ1) is 12.2. The Hall–Kier alpha value is -2.67. The molecule has 0 radical (unpaired) electrons. The molecule has 0 spiro atoms. The van der Waals surface area contributed by atoms with E-state index in [9.17, 15) is 0 Å². The predicted octanol–water partition coefficient (Wildman–Crippen LogP) is 1.05. The number of allylic oxidation sites excluding steroid dienone is 4. The van der Waals surface area contributed by atoms with Crippen LogP contribution in [0.15, 0.2) is 81.4 Å². The Kier molecular flexibility index (Phi) is 4.23. The zero-order valence-corrected chi connectivity index (χ0v) is 14.5. The molecule has 0 amide bonds. The summed E-state index contributed by atoms with van der Waals surface area (Å²) in [7, 11) is 0. The second-order valence-electron chi connectivity index (χ2n) is 6.01. The summed E-state index contributed by atoms with van der Waals surface area (Å²) in [5.41, 5.74) is 14.3. The van der Waals surface area contributed by atoms with Crippen molar-refractivity contribution in [2.45, 2.75) is 12.1 Å². The van der Waals surface area contributed by atoms with Crippen LogP contribution in [0.2, 0.25) is 0 Å². The average Bonchev–Trinajstić information content (AvgIpc) is 2.62. The van der Waals surface area contributed by atoms with E-state index in [0.717, 1.165) is 34.3 Å². The lowest BCUT2D eigenvalue weighted by atomic mass is 10.0. The van der Waals surface area contributed by atoms with E-state index in [4.69, 9.17) is 21.5 Å². The molecule has 4 aliphatic rings. The van der Waals surface area contributed by atoms with Gasteiger partial charge in [-0.1, -0.05) is 48.6 Å². The first kappa shape index (κ1) is 15.8. The van der Waals surface area contributed by atoms with Crippen molar-refractivity contribution in [2.24, 2.45) is 21.5 Å². The van der Waals surface area contributed by atoms with Gasteiger partial charge in [-0.25, -0.2) is 0 Å². The zero-order chi connectivity index (χ0) is 17.2. The number of fused-ring (bicyclic) bond motifs is 2. The number of nitrogens with one attached hydrogen (secondary N) is 2. The fourth-order valence-corrected chi connectivity index (χ4v) is 3.81. The van der Waals surface area contributed by atoms with Gasteiger partial charge < -0.3 is 22.1 Å². The summed E-state index contributed by atoms with van der Waals surface area (Å²) in [5.74, 6) is 4.61. The highest BCUT2D eigenvalue weighted by Crippen LogP contribution is 2.22. The summed E-state index contributed by atoms with van der Waals surface area (Å²) in [6.45, 7) is 0. The maximum Gasteiger partial charge on any atom is 0.113 e. The molecule has 4 rings (SSSR count). The number of nitrogens with zero attached hydrogens (tertiary/aromatic N) is 2. The van der Waals surface area contributed by atoms with Crippen molar-refractivity contribution < 1.29 is 0 Å². The van der Waals surface area contributed by atoms with E-state index in [1.54, 1.807) is 11.8 Å². The number of amidine groups is 2. The van der Waals surface area contributed by atoms with E-state index >= 15 is 0 Å². The van der Waals surface area contributed by atoms with E-state index in [0.29, 0.717) is 11.6 Å². The standard InChI is InChI=1S/C18H20N6S/c19-17-11-5-1-3-7-13(11)21-15(23-17)9-25-10-16-22-14-8-4-2-6-12(14)18(20)24-16/h1-8,13-14H,9-10,19-20H2,(H,21,23)(H,22,24)/t13-,14+. The molecule has 0 unspecified atom stereocenters. The number of rotatable bonds is 4. The zero-order valence-electron chi connectivity index (χ0n) is 13.6. The van der Waals surface area contributed by atoms with Crippen LogP contribution < -0.4 is 22.1 Å². The van der Waals surface area contributed by atoms with Gasteiger partial charge in [0.1, 0.15) is 23.3 Å². The van der Waals surface area contributed by atoms with E-state index in [2.05, 4.69) is 22.8 Å². The fraction of sp³-hybridized carbons (Fsp3) is 0.222. The highest BCUT2D eigenvalue weighted by atomic mass is 32.2. The highest BCUT2D eigenvalue weighted by molar-refractivity contribution is 8.00. The van der Waals surface area contributed by atoms with Gasteiger partial charge in [-0.2, -0.15) is 0 Å². The van der Waals surface area contributed by atoms with Gasteiger partial charge in [0.05, 0.1) is 23.6 Å². The number of hydrogen-bond acceptors (Lipinski definition) is 7.